The van der Waals surface area contributed by atoms with Crippen molar-refractivity contribution in [3.05, 3.63) is 23.3 Å². The van der Waals surface area contributed by atoms with E-state index in [2.05, 4.69) is 4.98 Å². The lowest BCUT2D eigenvalue weighted by Crippen LogP contribution is -2.43. The van der Waals surface area contributed by atoms with Crippen LogP contribution >= 0.6 is 11.3 Å². The van der Waals surface area contributed by atoms with E-state index in [-0.39, 0.29) is 27.5 Å². The maximum absolute atomic E-state index is 13.3. The monoisotopic (exact) mass is 462 g/mol. The molecule has 1 heterocycles. The zero-order chi connectivity index (χ0) is 23.8. The number of nitrogens with zero attached hydrogens (tertiary/aromatic N) is 2. The smallest absolute Gasteiger partial charge is 0.426 e. The Kier molecular flexibility index (Phi) is 6.91. The highest BCUT2D eigenvalue weighted by Crippen LogP contribution is 2.38. The number of anilines is 1. The third kappa shape index (κ3) is 6.54. The third-order valence-electron chi connectivity index (χ3n) is 3.53. The lowest BCUT2D eigenvalue weighted by atomic mass is 10.1. The van der Waals surface area contributed by atoms with Gasteiger partial charge < -0.3 is 14.2 Å². The Labute approximate surface area is 182 Å². The summed E-state index contributed by atoms with van der Waals surface area (Å²) in [6, 6.07) is 1.85. The predicted molar refractivity (Wildman–Crippen MR) is 110 cm³/mol. The minimum atomic E-state index is -4.59. The summed E-state index contributed by atoms with van der Waals surface area (Å²) in [7, 11) is 1.34. The van der Waals surface area contributed by atoms with Gasteiger partial charge in [-0.2, -0.15) is 18.1 Å². The van der Waals surface area contributed by atoms with E-state index >= 15 is 0 Å². The number of thiazole rings is 1. The summed E-state index contributed by atoms with van der Waals surface area (Å²) in [6.45, 7) is 9.55. The van der Waals surface area contributed by atoms with E-state index in [1.165, 1.54) is 7.11 Å². The highest BCUT2D eigenvalue weighted by Gasteiger charge is 2.36. The number of rotatable bonds is 3. The number of imide groups is 1. The van der Waals surface area contributed by atoms with Crippen molar-refractivity contribution in [3.8, 4) is 0 Å². The van der Waals surface area contributed by atoms with Crippen molar-refractivity contribution in [1.82, 2.24) is 4.98 Å². The molecule has 2 aromatic rings. The second-order valence-electron chi connectivity index (χ2n) is 8.71. The second kappa shape index (κ2) is 8.62. The van der Waals surface area contributed by atoms with E-state index in [1.807, 2.05) is 0 Å². The standard InChI is InChI=1S/C20H25F3N2O5S/c1-18(2,3)29-16(26)25(17(27)30-19(4,5)6)15-24-14-11(10-28-7)8-12(20(21,22)23)9-13(14)31-15/h8-9H,10H2,1-7H3. The number of benzene rings is 1. The van der Waals surface area contributed by atoms with Gasteiger partial charge in [0.05, 0.1) is 22.4 Å². The van der Waals surface area contributed by atoms with Gasteiger partial charge in [0.1, 0.15) is 11.2 Å². The summed E-state index contributed by atoms with van der Waals surface area (Å²) in [5, 5.41) is -0.171. The van der Waals surface area contributed by atoms with E-state index in [9.17, 15) is 22.8 Å². The lowest BCUT2D eigenvalue weighted by Gasteiger charge is -2.27. The van der Waals surface area contributed by atoms with Gasteiger partial charge in [-0.05, 0) is 53.7 Å². The molecule has 0 radical (unpaired) electrons. The minimum absolute atomic E-state index is 0.133. The Balaban J connectivity index is 2.64. The molecule has 31 heavy (non-hydrogen) atoms. The maximum atomic E-state index is 13.3. The van der Waals surface area contributed by atoms with E-state index in [0.29, 0.717) is 4.90 Å². The molecule has 0 unspecified atom stereocenters. The highest BCUT2D eigenvalue weighted by atomic mass is 32.1. The molecule has 0 bridgehead atoms. The summed E-state index contributed by atoms with van der Waals surface area (Å²) in [6.07, 6.45) is -6.69. The Morgan fingerprint density at radius 1 is 1.00 bits per heavy atom. The van der Waals surface area contributed by atoms with Crippen molar-refractivity contribution in [3.63, 3.8) is 0 Å². The molecule has 0 saturated carbocycles. The summed E-state index contributed by atoms with van der Waals surface area (Å²) < 4.78 is 55.7. The fraction of sp³-hybridized carbons (Fsp3) is 0.550. The lowest BCUT2D eigenvalue weighted by molar-refractivity contribution is -0.137. The van der Waals surface area contributed by atoms with Crippen LogP contribution in [0.25, 0.3) is 10.2 Å². The first-order valence-corrected chi connectivity index (χ1v) is 10.1. The summed E-state index contributed by atoms with van der Waals surface area (Å²) in [5.74, 6) is 0. The van der Waals surface area contributed by atoms with Crippen LogP contribution in [0.4, 0.5) is 27.9 Å². The van der Waals surface area contributed by atoms with E-state index in [4.69, 9.17) is 14.2 Å². The van der Waals surface area contributed by atoms with Crippen LogP contribution in [-0.4, -0.2) is 35.5 Å². The number of amides is 2. The first-order valence-electron chi connectivity index (χ1n) is 9.27. The molecule has 0 atom stereocenters. The molecule has 1 aromatic carbocycles. The number of hydrogen-bond donors (Lipinski definition) is 0. The van der Waals surface area contributed by atoms with Crippen LogP contribution in [0.2, 0.25) is 0 Å². The zero-order valence-corrected chi connectivity index (χ0v) is 19.2. The summed E-state index contributed by atoms with van der Waals surface area (Å²) >= 11 is 0.742. The van der Waals surface area contributed by atoms with E-state index < -0.39 is 35.1 Å². The van der Waals surface area contributed by atoms with Gasteiger partial charge in [0.25, 0.3) is 0 Å². The molecule has 0 aliphatic heterocycles. The SMILES string of the molecule is COCc1cc(C(F)(F)F)cc2sc(N(C(=O)OC(C)(C)C)C(=O)OC(C)(C)C)nc12. The molecule has 0 spiro atoms. The van der Waals surface area contributed by atoms with Crippen LogP contribution in [0.1, 0.15) is 52.7 Å². The van der Waals surface area contributed by atoms with E-state index in [1.54, 1.807) is 41.5 Å². The van der Waals surface area contributed by atoms with Crippen LogP contribution in [0.5, 0.6) is 0 Å². The molecule has 0 N–H and O–H groups in total. The molecule has 172 valence electrons. The molecule has 1 aromatic heterocycles. The molecular formula is C20H25F3N2O5S. The second-order valence-corrected chi connectivity index (χ2v) is 9.71. The van der Waals surface area contributed by atoms with Crippen molar-refractivity contribution in [2.45, 2.75) is 65.5 Å². The molecule has 2 rings (SSSR count). The Morgan fingerprint density at radius 2 is 1.52 bits per heavy atom. The summed E-state index contributed by atoms with van der Waals surface area (Å²) in [4.78, 5) is 30.4. The fourth-order valence-electron chi connectivity index (χ4n) is 2.46. The average Bonchev–Trinajstić information content (AvgIpc) is 2.94. The number of methoxy groups -OCH3 is 1. The van der Waals surface area contributed by atoms with Crippen LogP contribution < -0.4 is 4.90 Å². The van der Waals surface area contributed by atoms with Gasteiger partial charge in [0, 0.05) is 12.7 Å². The molecular weight excluding hydrogens is 437 g/mol. The van der Waals surface area contributed by atoms with Gasteiger partial charge in [0.15, 0.2) is 0 Å². The molecule has 0 aliphatic rings. The largest absolute Gasteiger partial charge is 0.443 e. The Morgan fingerprint density at radius 3 is 1.94 bits per heavy atom. The number of ether oxygens (including phenoxy) is 3. The van der Waals surface area contributed by atoms with Gasteiger partial charge in [-0.3, -0.25) is 0 Å². The number of hydrogen-bond acceptors (Lipinski definition) is 7. The number of halogens is 3. The average molecular weight is 462 g/mol. The molecule has 0 aliphatic carbocycles. The number of carbonyl (C=O) groups is 2. The fourth-order valence-corrected chi connectivity index (χ4v) is 3.49. The van der Waals surface area contributed by atoms with Crippen molar-refractivity contribution in [1.29, 1.82) is 0 Å². The Hall–Kier alpha value is -2.40. The highest BCUT2D eigenvalue weighted by molar-refractivity contribution is 7.22. The summed E-state index contributed by atoms with van der Waals surface area (Å²) in [5.41, 5.74) is -2.39. The van der Waals surface area contributed by atoms with Crippen molar-refractivity contribution in [2.24, 2.45) is 0 Å². The van der Waals surface area contributed by atoms with Crippen LogP contribution in [0.3, 0.4) is 0 Å². The van der Waals surface area contributed by atoms with Crippen LogP contribution in [0.15, 0.2) is 12.1 Å². The number of fused-ring (bicyclic) bond motifs is 1. The minimum Gasteiger partial charge on any atom is -0.443 e. The molecule has 2 amide bonds. The van der Waals surface area contributed by atoms with Crippen molar-refractivity contribution in [2.75, 3.05) is 12.0 Å². The zero-order valence-electron chi connectivity index (χ0n) is 18.3. The molecule has 11 heteroatoms. The van der Waals surface area contributed by atoms with Gasteiger partial charge in [0.2, 0.25) is 5.13 Å². The first-order chi connectivity index (χ1) is 14.0. The predicted octanol–water partition coefficient (Wildman–Crippen LogP) is 6.14. The van der Waals surface area contributed by atoms with Crippen molar-refractivity contribution >= 4 is 38.9 Å². The number of carbonyl (C=O) groups excluding carboxylic acids is 2. The van der Waals surface area contributed by atoms with Gasteiger partial charge in [-0.15, -0.1) is 0 Å². The quantitative estimate of drug-likeness (QED) is 0.545. The molecule has 0 fully saturated rings. The maximum Gasteiger partial charge on any atom is 0.426 e. The van der Waals surface area contributed by atoms with Gasteiger partial charge in [-0.25, -0.2) is 14.6 Å². The molecule has 7 nitrogen and oxygen atoms in total. The number of aromatic nitrogens is 1. The van der Waals surface area contributed by atoms with E-state index in [0.717, 1.165) is 23.5 Å². The van der Waals surface area contributed by atoms with Gasteiger partial charge >= 0.3 is 18.4 Å². The Bertz CT molecular complexity index is 946. The normalized spacial score (nSPS) is 12.7. The van der Waals surface area contributed by atoms with Gasteiger partial charge in [-0.1, -0.05) is 11.3 Å². The number of alkyl halides is 3. The topological polar surface area (TPSA) is 78.0 Å². The van der Waals surface area contributed by atoms with Crippen LogP contribution in [0, 0.1) is 0 Å². The molecule has 0 saturated heterocycles. The first kappa shape index (κ1) is 24.9. The third-order valence-corrected chi connectivity index (χ3v) is 4.52. The van der Waals surface area contributed by atoms with Crippen LogP contribution in [-0.2, 0) is 27.0 Å². The van der Waals surface area contributed by atoms with Crippen molar-refractivity contribution < 1.29 is 37.0 Å².